The zero-order valence-corrected chi connectivity index (χ0v) is 14.1. The topological polar surface area (TPSA) is 63.9 Å². The molecule has 0 aliphatic carbocycles. The maximum absolute atomic E-state index is 12.4. The lowest BCUT2D eigenvalue weighted by Gasteiger charge is -2.25. The molecular weight excluding hydrogens is 320 g/mol. The number of nitrogens with zero attached hydrogens (tertiary/aromatic N) is 1. The van der Waals surface area contributed by atoms with Crippen molar-refractivity contribution in [1.82, 2.24) is 4.90 Å². The first-order chi connectivity index (χ1) is 12.3. The molecule has 1 fully saturated rings. The molecule has 132 valence electrons. The van der Waals surface area contributed by atoms with E-state index in [1.807, 2.05) is 6.07 Å². The van der Waals surface area contributed by atoms with Crippen molar-refractivity contribution >= 4 is 11.6 Å². The number of furan rings is 1. The van der Waals surface area contributed by atoms with Crippen LogP contribution in [0.15, 0.2) is 34.7 Å². The monoisotopic (exact) mass is 342 g/mol. The second kappa shape index (κ2) is 7.19. The highest BCUT2D eigenvalue weighted by molar-refractivity contribution is 6.02. The van der Waals surface area contributed by atoms with Gasteiger partial charge in [0, 0.05) is 11.8 Å². The number of nitrogens with one attached hydrogen (secondary N) is 1. The van der Waals surface area contributed by atoms with Crippen LogP contribution in [0.1, 0.15) is 35.6 Å². The average Bonchev–Trinajstić information content (AvgIpc) is 3.11. The smallest absolute Gasteiger partial charge is 0.291 e. The van der Waals surface area contributed by atoms with E-state index in [1.54, 1.807) is 24.3 Å². The van der Waals surface area contributed by atoms with Crippen molar-refractivity contribution in [2.45, 2.75) is 25.8 Å². The van der Waals surface area contributed by atoms with Gasteiger partial charge in [0.2, 0.25) is 0 Å². The first-order valence-corrected chi connectivity index (χ1v) is 8.80. The van der Waals surface area contributed by atoms with Crippen molar-refractivity contribution in [1.29, 1.82) is 0 Å². The molecule has 6 nitrogen and oxygen atoms in total. The largest absolute Gasteiger partial charge is 0.486 e. The number of carbonyl (C=O) groups is 1. The van der Waals surface area contributed by atoms with Crippen LogP contribution in [0.4, 0.5) is 5.69 Å². The summed E-state index contributed by atoms with van der Waals surface area (Å²) in [7, 11) is 0. The molecule has 25 heavy (non-hydrogen) atoms. The van der Waals surface area contributed by atoms with Gasteiger partial charge < -0.3 is 19.2 Å². The van der Waals surface area contributed by atoms with Gasteiger partial charge in [-0.3, -0.25) is 9.69 Å². The van der Waals surface area contributed by atoms with Gasteiger partial charge in [-0.15, -0.1) is 0 Å². The van der Waals surface area contributed by atoms with E-state index in [-0.39, 0.29) is 5.91 Å². The molecule has 2 aromatic rings. The minimum atomic E-state index is -0.262. The number of benzene rings is 1. The zero-order chi connectivity index (χ0) is 17.1. The summed E-state index contributed by atoms with van der Waals surface area (Å²) in [5.74, 6) is 2.23. The van der Waals surface area contributed by atoms with Gasteiger partial charge in [0.05, 0.1) is 6.54 Å². The van der Waals surface area contributed by atoms with E-state index < -0.39 is 0 Å². The van der Waals surface area contributed by atoms with Crippen molar-refractivity contribution in [2.24, 2.45) is 0 Å². The van der Waals surface area contributed by atoms with Gasteiger partial charge in [0.25, 0.3) is 5.91 Å². The summed E-state index contributed by atoms with van der Waals surface area (Å²) in [6.07, 6.45) is 3.77. The summed E-state index contributed by atoms with van der Waals surface area (Å²) >= 11 is 0. The van der Waals surface area contributed by atoms with Crippen LogP contribution >= 0.6 is 0 Å². The summed E-state index contributed by atoms with van der Waals surface area (Å²) in [4.78, 5) is 14.8. The molecule has 0 spiro atoms. The highest BCUT2D eigenvalue weighted by Gasteiger charge is 2.17. The number of hydrogen-bond donors (Lipinski definition) is 1. The molecule has 1 aromatic carbocycles. The lowest BCUT2D eigenvalue weighted by molar-refractivity contribution is 0.0992. The van der Waals surface area contributed by atoms with Gasteiger partial charge in [0.1, 0.15) is 19.0 Å². The Balaban J connectivity index is 1.39. The van der Waals surface area contributed by atoms with E-state index in [2.05, 4.69) is 10.2 Å². The van der Waals surface area contributed by atoms with Crippen LogP contribution < -0.4 is 14.8 Å². The predicted molar refractivity (Wildman–Crippen MR) is 93.2 cm³/mol. The number of carbonyl (C=O) groups excluding carboxylic acids is 1. The number of piperidine rings is 1. The fourth-order valence-corrected chi connectivity index (χ4v) is 3.24. The Labute approximate surface area is 146 Å². The first-order valence-electron chi connectivity index (χ1n) is 8.80. The number of ether oxygens (including phenoxy) is 2. The fraction of sp³-hybridized carbons (Fsp3) is 0.421. The Morgan fingerprint density at radius 3 is 2.64 bits per heavy atom. The Morgan fingerprint density at radius 2 is 1.80 bits per heavy atom. The summed E-state index contributed by atoms with van der Waals surface area (Å²) in [6.45, 7) is 4.02. The predicted octanol–water partition coefficient (Wildman–Crippen LogP) is 3.29. The third-order valence-electron chi connectivity index (χ3n) is 4.51. The molecule has 0 unspecified atom stereocenters. The van der Waals surface area contributed by atoms with Crippen molar-refractivity contribution in [2.75, 3.05) is 31.6 Å². The first kappa shape index (κ1) is 16.0. The third-order valence-corrected chi connectivity index (χ3v) is 4.51. The lowest BCUT2D eigenvalue weighted by Crippen LogP contribution is -2.28. The summed E-state index contributed by atoms with van der Waals surface area (Å²) in [5, 5.41) is 2.84. The number of anilines is 1. The number of hydrogen-bond acceptors (Lipinski definition) is 5. The fourth-order valence-electron chi connectivity index (χ4n) is 3.24. The van der Waals surface area contributed by atoms with E-state index in [4.69, 9.17) is 13.9 Å². The molecule has 1 saturated heterocycles. The maximum Gasteiger partial charge on any atom is 0.291 e. The van der Waals surface area contributed by atoms with Crippen molar-refractivity contribution in [3.05, 3.63) is 41.9 Å². The van der Waals surface area contributed by atoms with E-state index in [0.29, 0.717) is 36.2 Å². The van der Waals surface area contributed by atoms with Crippen LogP contribution in [0.25, 0.3) is 0 Å². The van der Waals surface area contributed by atoms with E-state index in [1.165, 1.54) is 19.3 Å². The van der Waals surface area contributed by atoms with Gasteiger partial charge in [0.15, 0.2) is 17.3 Å². The molecule has 6 heteroatoms. The molecule has 1 amide bonds. The molecule has 3 heterocycles. The highest BCUT2D eigenvalue weighted by Crippen LogP contribution is 2.32. The van der Waals surface area contributed by atoms with Gasteiger partial charge in [-0.2, -0.15) is 0 Å². The molecule has 0 radical (unpaired) electrons. The van der Waals surface area contributed by atoms with Crippen LogP contribution in [0.3, 0.4) is 0 Å². The van der Waals surface area contributed by atoms with Crippen molar-refractivity contribution in [3.8, 4) is 11.5 Å². The Kier molecular flexibility index (Phi) is 4.61. The highest BCUT2D eigenvalue weighted by atomic mass is 16.6. The lowest BCUT2D eigenvalue weighted by atomic mass is 10.1. The quantitative estimate of drug-likeness (QED) is 0.924. The normalized spacial score (nSPS) is 17.3. The average molecular weight is 342 g/mol. The summed E-state index contributed by atoms with van der Waals surface area (Å²) in [5.41, 5.74) is 0.656. The van der Waals surface area contributed by atoms with Crippen LogP contribution in [-0.2, 0) is 6.54 Å². The van der Waals surface area contributed by atoms with Crippen molar-refractivity contribution in [3.63, 3.8) is 0 Å². The second-order valence-electron chi connectivity index (χ2n) is 6.42. The number of fused-ring (bicyclic) bond motifs is 1. The molecule has 0 bridgehead atoms. The third kappa shape index (κ3) is 3.79. The van der Waals surface area contributed by atoms with Gasteiger partial charge in [-0.25, -0.2) is 0 Å². The molecule has 1 aromatic heterocycles. The summed E-state index contributed by atoms with van der Waals surface area (Å²) < 4.78 is 16.7. The van der Waals surface area contributed by atoms with Crippen LogP contribution in [0.5, 0.6) is 11.5 Å². The van der Waals surface area contributed by atoms with Crippen LogP contribution in [-0.4, -0.2) is 37.1 Å². The van der Waals surface area contributed by atoms with Crippen molar-refractivity contribution < 1.29 is 18.7 Å². The molecule has 0 atom stereocenters. The minimum Gasteiger partial charge on any atom is -0.486 e. The molecule has 4 rings (SSSR count). The van der Waals surface area contributed by atoms with Crippen LogP contribution in [0, 0.1) is 0 Å². The zero-order valence-electron chi connectivity index (χ0n) is 14.1. The number of amides is 1. The van der Waals surface area contributed by atoms with Gasteiger partial charge in [-0.05, 0) is 50.2 Å². The van der Waals surface area contributed by atoms with Gasteiger partial charge >= 0.3 is 0 Å². The SMILES string of the molecule is O=C(Nc1ccc2c(c1)OCCO2)c1ccc(CN2CCCCC2)o1. The Bertz CT molecular complexity index is 750. The molecule has 0 saturated carbocycles. The van der Waals surface area contributed by atoms with E-state index in [0.717, 1.165) is 25.4 Å². The van der Waals surface area contributed by atoms with Crippen LogP contribution in [0.2, 0.25) is 0 Å². The standard InChI is InChI=1S/C19H22N2O4/c22-19(20-14-4-6-16-18(12-14)24-11-10-23-16)17-7-5-15(25-17)13-21-8-2-1-3-9-21/h4-7,12H,1-3,8-11,13H2,(H,20,22). The molecule has 1 N–H and O–H groups in total. The van der Waals surface area contributed by atoms with E-state index >= 15 is 0 Å². The molecule has 2 aliphatic heterocycles. The number of likely N-dealkylation sites (tertiary alicyclic amines) is 1. The summed E-state index contributed by atoms with van der Waals surface area (Å²) in [6, 6.07) is 8.97. The second-order valence-corrected chi connectivity index (χ2v) is 6.42. The van der Waals surface area contributed by atoms with Gasteiger partial charge in [-0.1, -0.05) is 6.42 Å². The molecular formula is C19H22N2O4. The Morgan fingerprint density at radius 1 is 1.00 bits per heavy atom. The van der Waals surface area contributed by atoms with E-state index in [9.17, 15) is 4.79 Å². The minimum absolute atomic E-state index is 0.262. The maximum atomic E-state index is 12.4. The Hall–Kier alpha value is -2.47. The number of rotatable bonds is 4. The molecule has 2 aliphatic rings.